The van der Waals surface area contributed by atoms with Gasteiger partial charge in [-0.2, -0.15) is 0 Å². The molecule has 4 aromatic carbocycles. The zero-order valence-electron chi connectivity index (χ0n) is 24.6. The first-order chi connectivity index (χ1) is 20.8. The van der Waals surface area contributed by atoms with E-state index in [1.807, 2.05) is 77.4 Å². The maximum Gasteiger partial charge on any atom is 0.323 e. The SMILES string of the molecule is COc1ccc(C(C)(C)C)cc1NC(=O)Nc1ccc(-n2cnc3c(NCc4ccccc4)ncnc32)c2ccccc12. The van der Waals surface area contributed by atoms with Crippen molar-refractivity contribution in [3.8, 4) is 11.4 Å². The fourth-order valence-electron chi connectivity index (χ4n) is 5.07. The van der Waals surface area contributed by atoms with Gasteiger partial charge >= 0.3 is 6.03 Å². The molecule has 6 rings (SSSR count). The second-order valence-electron chi connectivity index (χ2n) is 11.3. The predicted octanol–water partition coefficient (Wildman–Crippen LogP) is 7.53. The van der Waals surface area contributed by atoms with Gasteiger partial charge in [-0.3, -0.25) is 4.57 Å². The lowest BCUT2D eigenvalue weighted by atomic mass is 9.87. The summed E-state index contributed by atoms with van der Waals surface area (Å²) in [5.74, 6) is 1.26. The number of ether oxygens (including phenoxy) is 1. The van der Waals surface area contributed by atoms with Crippen molar-refractivity contribution in [3.63, 3.8) is 0 Å². The van der Waals surface area contributed by atoms with E-state index in [1.54, 1.807) is 19.8 Å². The number of anilines is 3. The van der Waals surface area contributed by atoms with Crippen molar-refractivity contribution < 1.29 is 9.53 Å². The fourth-order valence-corrected chi connectivity index (χ4v) is 5.07. The third-order valence-electron chi connectivity index (χ3n) is 7.36. The number of hydrogen-bond acceptors (Lipinski definition) is 6. The molecule has 2 aromatic heterocycles. The molecule has 0 saturated heterocycles. The van der Waals surface area contributed by atoms with Crippen LogP contribution in [-0.2, 0) is 12.0 Å². The molecule has 3 N–H and O–H groups in total. The van der Waals surface area contributed by atoms with Gasteiger partial charge in [-0.05, 0) is 40.8 Å². The van der Waals surface area contributed by atoms with E-state index in [2.05, 4.69) is 63.8 Å². The van der Waals surface area contributed by atoms with Crippen molar-refractivity contribution >= 4 is 45.2 Å². The molecule has 9 nitrogen and oxygen atoms in total. The van der Waals surface area contributed by atoms with E-state index in [9.17, 15) is 4.79 Å². The second-order valence-corrected chi connectivity index (χ2v) is 11.3. The summed E-state index contributed by atoms with van der Waals surface area (Å²) in [6.07, 6.45) is 3.29. The highest BCUT2D eigenvalue weighted by Crippen LogP contribution is 2.33. The van der Waals surface area contributed by atoms with Crippen molar-refractivity contribution in [1.82, 2.24) is 19.5 Å². The van der Waals surface area contributed by atoms with Gasteiger partial charge in [-0.15, -0.1) is 0 Å². The molecule has 0 aliphatic carbocycles. The molecule has 0 bridgehead atoms. The molecule has 9 heteroatoms. The normalized spacial score (nSPS) is 11.4. The lowest BCUT2D eigenvalue weighted by Gasteiger charge is -2.21. The van der Waals surface area contributed by atoms with Crippen LogP contribution in [0.15, 0.2) is 97.6 Å². The molecule has 0 radical (unpaired) electrons. The van der Waals surface area contributed by atoms with Crippen LogP contribution in [0.2, 0.25) is 0 Å². The third-order valence-corrected chi connectivity index (χ3v) is 7.36. The van der Waals surface area contributed by atoms with Crippen LogP contribution in [0.25, 0.3) is 27.6 Å². The van der Waals surface area contributed by atoms with Crippen LogP contribution in [0.1, 0.15) is 31.9 Å². The van der Waals surface area contributed by atoms with Crippen LogP contribution in [0.4, 0.5) is 22.0 Å². The minimum Gasteiger partial charge on any atom is -0.495 e. The Morgan fingerprint density at radius 3 is 2.35 bits per heavy atom. The number of hydrogen-bond donors (Lipinski definition) is 3. The van der Waals surface area contributed by atoms with Gasteiger partial charge in [0.1, 0.15) is 18.4 Å². The maximum absolute atomic E-state index is 13.2. The number of methoxy groups -OCH3 is 1. The lowest BCUT2D eigenvalue weighted by molar-refractivity contribution is 0.262. The average molecular weight is 572 g/mol. The maximum atomic E-state index is 13.2. The number of imidazole rings is 1. The third kappa shape index (κ3) is 5.70. The lowest BCUT2D eigenvalue weighted by Crippen LogP contribution is -2.21. The van der Waals surface area contributed by atoms with Gasteiger partial charge in [0, 0.05) is 17.3 Å². The van der Waals surface area contributed by atoms with Gasteiger partial charge in [0.05, 0.1) is 24.2 Å². The molecule has 0 spiro atoms. The highest BCUT2D eigenvalue weighted by Gasteiger charge is 2.18. The molecule has 0 aliphatic heterocycles. The summed E-state index contributed by atoms with van der Waals surface area (Å²) in [5, 5.41) is 11.2. The van der Waals surface area contributed by atoms with Crippen molar-refractivity contribution in [2.45, 2.75) is 32.7 Å². The number of nitrogens with one attached hydrogen (secondary N) is 3. The number of nitrogens with zero attached hydrogens (tertiary/aromatic N) is 4. The highest BCUT2D eigenvalue weighted by molar-refractivity contribution is 6.08. The first-order valence-electron chi connectivity index (χ1n) is 14.1. The van der Waals surface area contributed by atoms with Crippen LogP contribution in [0, 0.1) is 0 Å². The molecule has 2 heterocycles. The summed E-state index contributed by atoms with van der Waals surface area (Å²) in [7, 11) is 1.59. The number of aromatic nitrogens is 4. The Labute approximate surface area is 250 Å². The molecule has 0 atom stereocenters. The molecule has 0 fully saturated rings. The van der Waals surface area contributed by atoms with Gasteiger partial charge in [-0.25, -0.2) is 19.7 Å². The van der Waals surface area contributed by atoms with E-state index in [0.717, 1.165) is 27.6 Å². The van der Waals surface area contributed by atoms with Crippen molar-refractivity contribution in [3.05, 3.63) is 109 Å². The summed E-state index contributed by atoms with van der Waals surface area (Å²) in [6.45, 7) is 7.01. The van der Waals surface area contributed by atoms with Crippen LogP contribution in [0.5, 0.6) is 5.75 Å². The molecule has 0 unspecified atom stereocenters. The number of carbonyl (C=O) groups excluding carboxylic acids is 1. The summed E-state index contributed by atoms with van der Waals surface area (Å²) >= 11 is 0. The van der Waals surface area contributed by atoms with Gasteiger partial charge in [0.25, 0.3) is 0 Å². The molecule has 0 aliphatic rings. The molecule has 0 saturated carbocycles. The Kier molecular flexibility index (Phi) is 7.38. The molecule has 6 aromatic rings. The summed E-state index contributed by atoms with van der Waals surface area (Å²) in [6, 6.07) is 27.4. The standard InChI is InChI=1S/C34H33N7O2/c1-34(2,3)23-14-17-29(43-4)27(18-23)40-33(42)39-26-15-16-28(25-13-9-8-12-24(25)26)41-21-38-30-31(36-20-37-32(30)41)35-19-22-10-6-5-7-11-22/h5-18,20-21H,19H2,1-4H3,(H,35,36,37)(H2,39,40,42). The molecular weight excluding hydrogens is 538 g/mol. The van der Waals surface area contributed by atoms with Gasteiger partial charge in [0.2, 0.25) is 0 Å². The predicted molar refractivity (Wildman–Crippen MR) is 172 cm³/mol. The zero-order chi connectivity index (χ0) is 30.0. The van der Waals surface area contributed by atoms with Crippen LogP contribution in [0.3, 0.4) is 0 Å². The summed E-state index contributed by atoms with van der Waals surface area (Å²) in [5.41, 5.74) is 5.68. The largest absolute Gasteiger partial charge is 0.495 e. The van der Waals surface area contributed by atoms with Crippen LogP contribution in [-0.4, -0.2) is 32.7 Å². The van der Waals surface area contributed by atoms with E-state index in [0.29, 0.717) is 40.7 Å². The first kappa shape index (κ1) is 27.7. The highest BCUT2D eigenvalue weighted by atomic mass is 16.5. The van der Waals surface area contributed by atoms with E-state index in [-0.39, 0.29) is 11.4 Å². The zero-order valence-corrected chi connectivity index (χ0v) is 24.6. The smallest absolute Gasteiger partial charge is 0.323 e. The first-order valence-corrected chi connectivity index (χ1v) is 14.1. The number of amides is 2. The molecule has 216 valence electrons. The second kappa shape index (κ2) is 11.4. The number of benzene rings is 4. The quantitative estimate of drug-likeness (QED) is 0.183. The Hall–Kier alpha value is -5.44. The number of urea groups is 1. The van der Waals surface area contributed by atoms with Crippen molar-refractivity contribution in [2.24, 2.45) is 0 Å². The molecule has 2 amide bonds. The number of carbonyl (C=O) groups is 1. The fraction of sp³-hybridized carbons (Fsp3) is 0.176. The summed E-state index contributed by atoms with van der Waals surface area (Å²) in [4.78, 5) is 26.9. The van der Waals surface area contributed by atoms with Crippen molar-refractivity contribution in [1.29, 1.82) is 0 Å². The topological polar surface area (TPSA) is 106 Å². The average Bonchev–Trinajstić information content (AvgIpc) is 3.45. The van der Waals surface area contributed by atoms with E-state index < -0.39 is 0 Å². The Morgan fingerprint density at radius 1 is 0.837 bits per heavy atom. The van der Waals surface area contributed by atoms with E-state index in [1.165, 1.54) is 0 Å². The molecular formula is C34H33N7O2. The molecule has 43 heavy (non-hydrogen) atoms. The Bertz CT molecular complexity index is 1930. The minimum absolute atomic E-state index is 0.0770. The Balaban J connectivity index is 1.29. The summed E-state index contributed by atoms with van der Waals surface area (Å²) < 4.78 is 7.45. The van der Waals surface area contributed by atoms with Crippen LogP contribution >= 0.6 is 0 Å². The number of rotatable bonds is 7. The Morgan fingerprint density at radius 2 is 1.58 bits per heavy atom. The van der Waals surface area contributed by atoms with Crippen molar-refractivity contribution in [2.75, 3.05) is 23.1 Å². The van der Waals surface area contributed by atoms with Gasteiger partial charge < -0.3 is 20.7 Å². The van der Waals surface area contributed by atoms with E-state index in [4.69, 9.17) is 4.74 Å². The van der Waals surface area contributed by atoms with Crippen LogP contribution < -0.4 is 20.7 Å². The van der Waals surface area contributed by atoms with Gasteiger partial charge in [-0.1, -0.05) is 81.4 Å². The van der Waals surface area contributed by atoms with E-state index >= 15 is 0 Å². The minimum atomic E-state index is -0.364. The monoisotopic (exact) mass is 571 g/mol. The van der Waals surface area contributed by atoms with Gasteiger partial charge in [0.15, 0.2) is 17.0 Å². The number of fused-ring (bicyclic) bond motifs is 2.